The van der Waals surface area contributed by atoms with Gasteiger partial charge in [-0.3, -0.25) is 4.79 Å². The number of hydrogen-bond acceptors (Lipinski definition) is 2. The van der Waals surface area contributed by atoms with Gasteiger partial charge in [-0.25, -0.2) is 4.39 Å². The van der Waals surface area contributed by atoms with E-state index in [1.54, 1.807) is 18.2 Å². The number of halogens is 1. The summed E-state index contributed by atoms with van der Waals surface area (Å²) in [6, 6.07) is 15.7. The second-order valence-corrected chi connectivity index (χ2v) is 4.43. The van der Waals surface area contributed by atoms with Crippen molar-refractivity contribution in [3.8, 4) is 0 Å². The Kier molecular flexibility index (Phi) is 4.42. The molecule has 2 rings (SSSR count). The highest BCUT2D eigenvalue weighted by Crippen LogP contribution is 2.18. The number of carbonyl (C=O) groups excluding carboxylic acids is 1. The third-order valence-corrected chi connectivity index (χ3v) is 3.15. The van der Waals surface area contributed by atoms with Crippen LogP contribution in [-0.2, 0) is 11.2 Å². The van der Waals surface area contributed by atoms with Gasteiger partial charge in [-0.2, -0.15) is 0 Å². The molecule has 0 heterocycles. The molecule has 1 atom stereocenters. The molecular weight excluding hydrogens is 241 g/mol. The standard InChI is InChI=1S/C16H16FNO/c17-15-9-5-4-8-13(15)10-16(19)14(11-18)12-6-2-1-3-7-12/h1-9,14H,10-11,18H2. The van der Waals surface area contributed by atoms with Crippen molar-refractivity contribution >= 4 is 5.78 Å². The molecule has 0 aliphatic carbocycles. The fraction of sp³-hybridized carbons (Fsp3) is 0.188. The Morgan fingerprint density at radius 1 is 1.05 bits per heavy atom. The lowest BCUT2D eigenvalue weighted by molar-refractivity contribution is -0.119. The molecular formula is C16H16FNO. The molecule has 0 radical (unpaired) electrons. The van der Waals surface area contributed by atoms with E-state index in [4.69, 9.17) is 5.73 Å². The number of hydrogen-bond donors (Lipinski definition) is 1. The maximum absolute atomic E-state index is 13.5. The van der Waals surface area contributed by atoms with Gasteiger partial charge >= 0.3 is 0 Å². The van der Waals surface area contributed by atoms with Gasteiger partial charge in [-0.15, -0.1) is 0 Å². The molecule has 0 spiro atoms. The monoisotopic (exact) mass is 257 g/mol. The van der Waals surface area contributed by atoms with E-state index in [9.17, 15) is 9.18 Å². The lowest BCUT2D eigenvalue weighted by Gasteiger charge is -2.14. The number of carbonyl (C=O) groups is 1. The molecule has 0 fully saturated rings. The predicted molar refractivity (Wildman–Crippen MR) is 73.3 cm³/mol. The molecule has 0 aliphatic rings. The Morgan fingerprint density at radius 3 is 2.32 bits per heavy atom. The molecule has 0 aromatic heterocycles. The highest BCUT2D eigenvalue weighted by atomic mass is 19.1. The molecule has 2 nitrogen and oxygen atoms in total. The lowest BCUT2D eigenvalue weighted by Crippen LogP contribution is -2.23. The van der Waals surface area contributed by atoms with Gasteiger partial charge in [0, 0.05) is 13.0 Å². The summed E-state index contributed by atoms with van der Waals surface area (Å²) < 4.78 is 13.5. The number of rotatable bonds is 5. The largest absolute Gasteiger partial charge is 0.329 e. The summed E-state index contributed by atoms with van der Waals surface area (Å²) in [6.07, 6.45) is 0.0729. The van der Waals surface area contributed by atoms with Crippen molar-refractivity contribution in [1.29, 1.82) is 0 Å². The molecule has 1 unspecified atom stereocenters. The van der Waals surface area contributed by atoms with E-state index in [1.165, 1.54) is 6.07 Å². The maximum atomic E-state index is 13.5. The fourth-order valence-electron chi connectivity index (χ4n) is 2.09. The van der Waals surface area contributed by atoms with Gasteiger partial charge in [0.1, 0.15) is 11.6 Å². The molecule has 2 aromatic carbocycles. The van der Waals surface area contributed by atoms with Crippen LogP contribution in [0.4, 0.5) is 4.39 Å². The Bertz CT molecular complexity index is 554. The first-order valence-corrected chi connectivity index (χ1v) is 6.23. The van der Waals surface area contributed by atoms with E-state index >= 15 is 0 Å². The Hall–Kier alpha value is -2.00. The van der Waals surface area contributed by atoms with Crippen LogP contribution in [0, 0.1) is 5.82 Å². The number of Topliss-reactive ketones (excluding diaryl/α,β-unsaturated/α-hetero) is 1. The summed E-state index contributed by atoms with van der Waals surface area (Å²) >= 11 is 0. The van der Waals surface area contributed by atoms with Gasteiger partial charge < -0.3 is 5.73 Å². The number of ketones is 1. The van der Waals surface area contributed by atoms with Crippen LogP contribution in [0.1, 0.15) is 17.0 Å². The quantitative estimate of drug-likeness (QED) is 0.895. The highest BCUT2D eigenvalue weighted by Gasteiger charge is 2.19. The third kappa shape index (κ3) is 3.26. The zero-order valence-corrected chi connectivity index (χ0v) is 10.6. The van der Waals surface area contributed by atoms with Crippen LogP contribution in [0.3, 0.4) is 0 Å². The normalized spacial score (nSPS) is 12.1. The smallest absolute Gasteiger partial charge is 0.146 e. The summed E-state index contributed by atoms with van der Waals surface area (Å²) in [5.74, 6) is -0.778. The van der Waals surface area contributed by atoms with Gasteiger partial charge in [0.2, 0.25) is 0 Å². The topological polar surface area (TPSA) is 43.1 Å². The molecule has 3 heteroatoms. The second kappa shape index (κ2) is 6.25. The highest BCUT2D eigenvalue weighted by molar-refractivity contribution is 5.87. The average molecular weight is 257 g/mol. The molecule has 0 saturated heterocycles. The Balaban J connectivity index is 2.17. The van der Waals surface area contributed by atoms with E-state index in [-0.39, 0.29) is 30.5 Å². The minimum absolute atomic E-state index is 0.0567. The van der Waals surface area contributed by atoms with Crippen LogP contribution >= 0.6 is 0 Å². The van der Waals surface area contributed by atoms with Crippen LogP contribution in [0.2, 0.25) is 0 Å². The van der Waals surface area contributed by atoms with Gasteiger partial charge in [0.15, 0.2) is 0 Å². The van der Waals surface area contributed by atoms with Crippen LogP contribution in [0.25, 0.3) is 0 Å². The van der Waals surface area contributed by atoms with Crippen molar-refractivity contribution in [3.63, 3.8) is 0 Å². The third-order valence-electron chi connectivity index (χ3n) is 3.15. The van der Waals surface area contributed by atoms with Gasteiger partial charge in [0.05, 0.1) is 5.92 Å². The summed E-state index contributed by atoms with van der Waals surface area (Å²) in [7, 11) is 0. The molecule has 2 aromatic rings. The molecule has 0 amide bonds. The fourth-order valence-corrected chi connectivity index (χ4v) is 2.09. The number of benzene rings is 2. The average Bonchev–Trinajstić information content (AvgIpc) is 2.43. The first-order chi connectivity index (χ1) is 9.22. The van der Waals surface area contributed by atoms with Crippen LogP contribution < -0.4 is 5.73 Å². The van der Waals surface area contributed by atoms with E-state index in [0.29, 0.717) is 5.56 Å². The minimum atomic E-state index is -0.374. The van der Waals surface area contributed by atoms with Crippen LogP contribution in [0.5, 0.6) is 0 Å². The Morgan fingerprint density at radius 2 is 1.68 bits per heavy atom. The molecule has 2 N–H and O–H groups in total. The molecule has 0 aliphatic heterocycles. The van der Waals surface area contributed by atoms with Crippen molar-refractivity contribution in [3.05, 3.63) is 71.5 Å². The summed E-state index contributed by atoms with van der Waals surface area (Å²) in [5.41, 5.74) is 6.98. The summed E-state index contributed by atoms with van der Waals surface area (Å²) in [6.45, 7) is 0.233. The van der Waals surface area contributed by atoms with Crippen LogP contribution in [-0.4, -0.2) is 12.3 Å². The lowest BCUT2D eigenvalue weighted by atomic mass is 9.91. The first-order valence-electron chi connectivity index (χ1n) is 6.23. The van der Waals surface area contributed by atoms with Crippen LogP contribution in [0.15, 0.2) is 54.6 Å². The van der Waals surface area contributed by atoms with Gasteiger partial charge in [-0.05, 0) is 17.2 Å². The predicted octanol–water partition coefficient (Wildman–Crippen LogP) is 2.68. The minimum Gasteiger partial charge on any atom is -0.329 e. The van der Waals surface area contributed by atoms with Crippen molar-refractivity contribution in [1.82, 2.24) is 0 Å². The maximum Gasteiger partial charge on any atom is 0.146 e. The van der Waals surface area contributed by atoms with Crippen molar-refractivity contribution in [2.45, 2.75) is 12.3 Å². The summed E-state index contributed by atoms with van der Waals surface area (Å²) in [4.78, 5) is 12.2. The second-order valence-electron chi connectivity index (χ2n) is 4.43. The molecule has 19 heavy (non-hydrogen) atoms. The molecule has 98 valence electrons. The van der Waals surface area contributed by atoms with Gasteiger partial charge in [-0.1, -0.05) is 48.5 Å². The zero-order valence-electron chi connectivity index (χ0n) is 10.6. The van der Waals surface area contributed by atoms with Crippen molar-refractivity contribution in [2.24, 2.45) is 5.73 Å². The Labute approximate surface area is 112 Å². The zero-order chi connectivity index (χ0) is 13.7. The van der Waals surface area contributed by atoms with E-state index in [1.807, 2.05) is 30.3 Å². The first kappa shape index (κ1) is 13.4. The number of nitrogens with two attached hydrogens (primary N) is 1. The van der Waals surface area contributed by atoms with Crippen molar-refractivity contribution < 1.29 is 9.18 Å². The molecule has 0 bridgehead atoms. The summed E-state index contributed by atoms with van der Waals surface area (Å²) in [5, 5.41) is 0. The van der Waals surface area contributed by atoms with Gasteiger partial charge in [0.25, 0.3) is 0 Å². The molecule has 0 saturated carbocycles. The van der Waals surface area contributed by atoms with E-state index in [0.717, 1.165) is 5.56 Å². The van der Waals surface area contributed by atoms with E-state index < -0.39 is 0 Å². The van der Waals surface area contributed by atoms with Crippen molar-refractivity contribution in [2.75, 3.05) is 6.54 Å². The SMILES string of the molecule is NCC(C(=O)Cc1ccccc1F)c1ccccc1. The van der Waals surface area contributed by atoms with E-state index in [2.05, 4.69) is 0 Å².